The summed E-state index contributed by atoms with van der Waals surface area (Å²) in [5.74, 6) is 0.491. The number of aromatic nitrogens is 5. The van der Waals surface area contributed by atoms with Gasteiger partial charge in [0.05, 0.1) is 11.9 Å². The highest BCUT2D eigenvalue weighted by atomic mass is 35.5. The van der Waals surface area contributed by atoms with Crippen LogP contribution in [0.2, 0.25) is 5.02 Å². The van der Waals surface area contributed by atoms with Gasteiger partial charge in [0.25, 0.3) is 0 Å². The van der Waals surface area contributed by atoms with E-state index in [1.165, 1.54) is 0 Å². The Morgan fingerprint density at radius 1 is 1.27 bits per heavy atom. The molecule has 1 aromatic carbocycles. The first-order chi connectivity index (χ1) is 12.4. The SMILES string of the molecule is FC(F)(F)CNc1nc2[nH]nc(-n3cncc3-c3ccccc3Cl)c2s1. The number of halogens is 4. The fourth-order valence-electron chi connectivity index (χ4n) is 2.45. The van der Waals surface area contributed by atoms with Crippen LogP contribution in [0.4, 0.5) is 18.3 Å². The number of alkyl halides is 3. The Morgan fingerprint density at radius 2 is 2.08 bits per heavy atom. The van der Waals surface area contributed by atoms with E-state index in [9.17, 15) is 13.2 Å². The third-order valence-corrected chi connectivity index (χ3v) is 4.89. The molecule has 0 aliphatic heterocycles. The van der Waals surface area contributed by atoms with Crippen molar-refractivity contribution >= 4 is 38.4 Å². The number of thiazole rings is 1. The van der Waals surface area contributed by atoms with Crippen molar-refractivity contribution in [1.82, 2.24) is 24.7 Å². The zero-order valence-electron chi connectivity index (χ0n) is 12.9. The van der Waals surface area contributed by atoms with E-state index in [2.05, 4.69) is 25.5 Å². The molecule has 2 N–H and O–H groups in total. The summed E-state index contributed by atoms with van der Waals surface area (Å²) in [6, 6.07) is 7.29. The van der Waals surface area contributed by atoms with Gasteiger partial charge in [-0.05, 0) is 6.07 Å². The van der Waals surface area contributed by atoms with Crippen LogP contribution in [-0.4, -0.2) is 37.5 Å². The van der Waals surface area contributed by atoms with Gasteiger partial charge in [-0.15, -0.1) is 0 Å². The Morgan fingerprint density at radius 3 is 2.85 bits per heavy atom. The van der Waals surface area contributed by atoms with Gasteiger partial charge in [0.1, 0.15) is 17.6 Å². The fourth-order valence-corrected chi connectivity index (χ4v) is 3.58. The summed E-state index contributed by atoms with van der Waals surface area (Å²) in [7, 11) is 0. The van der Waals surface area contributed by atoms with E-state index in [1.807, 2.05) is 18.2 Å². The van der Waals surface area contributed by atoms with E-state index in [-0.39, 0.29) is 5.13 Å². The van der Waals surface area contributed by atoms with Gasteiger partial charge in [-0.1, -0.05) is 41.1 Å². The monoisotopic (exact) mass is 398 g/mol. The Bertz CT molecular complexity index is 1070. The first kappa shape index (κ1) is 16.9. The number of anilines is 1. The molecule has 0 atom stereocenters. The Balaban J connectivity index is 1.74. The zero-order chi connectivity index (χ0) is 18.3. The molecule has 0 unspecified atom stereocenters. The quantitative estimate of drug-likeness (QED) is 0.531. The van der Waals surface area contributed by atoms with Gasteiger partial charge in [-0.2, -0.15) is 18.3 Å². The lowest BCUT2D eigenvalue weighted by Gasteiger charge is -2.07. The highest BCUT2D eigenvalue weighted by Crippen LogP contribution is 2.34. The van der Waals surface area contributed by atoms with Gasteiger partial charge >= 0.3 is 6.18 Å². The summed E-state index contributed by atoms with van der Waals surface area (Å²) >= 11 is 7.34. The van der Waals surface area contributed by atoms with Gasteiger partial charge in [0.2, 0.25) is 0 Å². The number of hydrogen-bond donors (Lipinski definition) is 2. The van der Waals surface area contributed by atoms with E-state index in [0.717, 1.165) is 16.9 Å². The third kappa shape index (κ3) is 3.13. The molecule has 0 fully saturated rings. The number of nitrogens with one attached hydrogen (secondary N) is 2. The minimum Gasteiger partial charge on any atom is -0.352 e. The smallest absolute Gasteiger partial charge is 0.352 e. The predicted octanol–water partition coefficient (Wildman–Crippen LogP) is 4.50. The van der Waals surface area contributed by atoms with Crippen LogP contribution in [0.3, 0.4) is 0 Å². The molecule has 0 amide bonds. The average Bonchev–Trinajstić information content (AvgIpc) is 3.27. The molecule has 0 spiro atoms. The molecule has 3 aromatic heterocycles. The number of imidazole rings is 1. The van der Waals surface area contributed by atoms with Gasteiger partial charge < -0.3 is 5.32 Å². The number of rotatable bonds is 4. The predicted molar refractivity (Wildman–Crippen MR) is 93.9 cm³/mol. The number of nitrogens with zero attached hydrogens (tertiary/aromatic N) is 4. The van der Waals surface area contributed by atoms with Crippen molar-refractivity contribution in [3.63, 3.8) is 0 Å². The second-order valence-electron chi connectivity index (χ2n) is 5.34. The van der Waals surface area contributed by atoms with E-state index >= 15 is 0 Å². The molecule has 11 heteroatoms. The van der Waals surface area contributed by atoms with Gasteiger partial charge in [-0.25, -0.2) is 9.97 Å². The molecule has 3 heterocycles. The standard InChI is InChI=1S/C15H10ClF3N6S/c16-9-4-2-1-3-8(9)10-5-20-7-25(10)13-11-12(23-24-13)22-14(26-11)21-6-15(17,18)19/h1-5,7H,6H2,(H2,21,22,23,24). The Kier molecular flexibility index (Phi) is 4.08. The highest BCUT2D eigenvalue weighted by Gasteiger charge is 2.27. The maximum Gasteiger partial charge on any atom is 0.405 e. The first-order valence-corrected chi connectivity index (χ1v) is 8.55. The summed E-state index contributed by atoms with van der Waals surface area (Å²) in [4.78, 5) is 8.24. The van der Waals surface area contributed by atoms with Crippen molar-refractivity contribution in [2.45, 2.75) is 6.18 Å². The van der Waals surface area contributed by atoms with E-state index in [1.54, 1.807) is 23.2 Å². The number of aromatic amines is 1. The highest BCUT2D eigenvalue weighted by molar-refractivity contribution is 7.22. The molecule has 4 rings (SSSR count). The van der Waals surface area contributed by atoms with Gasteiger partial charge in [-0.3, -0.25) is 9.67 Å². The molecular weight excluding hydrogens is 389 g/mol. The molecule has 134 valence electrons. The lowest BCUT2D eigenvalue weighted by molar-refractivity contribution is -0.115. The number of hydrogen-bond acceptors (Lipinski definition) is 5. The number of H-pyrrole nitrogens is 1. The zero-order valence-corrected chi connectivity index (χ0v) is 14.5. The summed E-state index contributed by atoms with van der Waals surface area (Å²) < 4.78 is 39.4. The second-order valence-corrected chi connectivity index (χ2v) is 6.75. The van der Waals surface area contributed by atoms with Crippen LogP contribution in [-0.2, 0) is 0 Å². The van der Waals surface area contributed by atoms with Crippen LogP contribution in [0.1, 0.15) is 0 Å². The Hall–Kier alpha value is -2.59. The van der Waals surface area contributed by atoms with Crippen molar-refractivity contribution in [1.29, 1.82) is 0 Å². The Labute approximate surface area is 153 Å². The molecule has 0 bridgehead atoms. The van der Waals surface area contributed by atoms with Crippen molar-refractivity contribution in [2.24, 2.45) is 0 Å². The van der Waals surface area contributed by atoms with Crippen molar-refractivity contribution in [2.75, 3.05) is 11.9 Å². The van der Waals surface area contributed by atoms with Crippen LogP contribution in [0, 0.1) is 0 Å². The third-order valence-electron chi connectivity index (χ3n) is 3.55. The van der Waals surface area contributed by atoms with Crippen LogP contribution in [0.15, 0.2) is 36.8 Å². The second kappa shape index (κ2) is 6.29. The van der Waals surface area contributed by atoms with Crippen LogP contribution in [0.25, 0.3) is 27.4 Å². The topological polar surface area (TPSA) is 71.4 Å². The summed E-state index contributed by atoms with van der Waals surface area (Å²) in [5, 5.41) is 9.94. The first-order valence-electron chi connectivity index (χ1n) is 7.35. The largest absolute Gasteiger partial charge is 0.405 e. The lowest BCUT2D eigenvalue weighted by atomic mass is 10.1. The number of benzene rings is 1. The normalized spacial score (nSPS) is 12.0. The summed E-state index contributed by atoms with van der Waals surface area (Å²) in [6.45, 7) is -1.15. The minimum atomic E-state index is -4.32. The van der Waals surface area contributed by atoms with E-state index in [0.29, 0.717) is 26.9 Å². The molecule has 0 saturated heterocycles. The van der Waals surface area contributed by atoms with Crippen LogP contribution in [0.5, 0.6) is 0 Å². The minimum absolute atomic E-state index is 0.159. The van der Waals surface area contributed by atoms with Crippen molar-refractivity contribution in [3.05, 3.63) is 41.8 Å². The van der Waals surface area contributed by atoms with E-state index in [4.69, 9.17) is 11.6 Å². The lowest BCUT2D eigenvalue weighted by Crippen LogP contribution is -2.21. The summed E-state index contributed by atoms with van der Waals surface area (Å²) in [5.41, 5.74) is 1.87. The summed E-state index contributed by atoms with van der Waals surface area (Å²) in [6.07, 6.45) is -1.11. The van der Waals surface area contributed by atoms with Crippen LogP contribution < -0.4 is 5.32 Å². The molecule has 0 aliphatic rings. The molecule has 6 nitrogen and oxygen atoms in total. The maximum atomic E-state index is 12.4. The molecular formula is C15H10ClF3N6S. The molecule has 4 aromatic rings. The molecule has 0 aliphatic carbocycles. The molecule has 0 saturated carbocycles. The van der Waals surface area contributed by atoms with E-state index < -0.39 is 12.7 Å². The van der Waals surface area contributed by atoms with Crippen molar-refractivity contribution < 1.29 is 13.2 Å². The van der Waals surface area contributed by atoms with Crippen LogP contribution >= 0.6 is 22.9 Å². The fraction of sp³-hybridized carbons (Fsp3) is 0.133. The average molecular weight is 399 g/mol. The molecule has 0 radical (unpaired) electrons. The van der Waals surface area contributed by atoms with Crippen molar-refractivity contribution in [3.8, 4) is 17.1 Å². The number of fused-ring (bicyclic) bond motifs is 1. The van der Waals surface area contributed by atoms with Gasteiger partial charge in [0.15, 0.2) is 16.6 Å². The van der Waals surface area contributed by atoms with Gasteiger partial charge in [0, 0.05) is 10.6 Å². The maximum absolute atomic E-state index is 12.4. The molecule has 26 heavy (non-hydrogen) atoms.